The number of nitrogens with zero attached hydrogens (tertiary/aromatic N) is 2. The summed E-state index contributed by atoms with van der Waals surface area (Å²) in [6.45, 7) is 10.9. The van der Waals surface area contributed by atoms with Gasteiger partial charge in [-0.3, -0.25) is 14.3 Å². The third-order valence-corrected chi connectivity index (χ3v) is 4.69. The molecular formula is C22H31N3O3. The molecule has 0 aliphatic carbocycles. The molecule has 0 atom stereocenters. The zero-order valence-electron chi connectivity index (χ0n) is 17.5. The maximum atomic E-state index is 12.1. The van der Waals surface area contributed by atoms with E-state index in [1.165, 1.54) is 0 Å². The Morgan fingerprint density at radius 1 is 1.21 bits per heavy atom. The number of aromatic nitrogens is 2. The first-order valence-electron chi connectivity index (χ1n) is 9.88. The number of amides is 1. The molecule has 1 aromatic heterocycles. The van der Waals surface area contributed by atoms with Gasteiger partial charge in [-0.25, -0.2) is 0 Å². The Morgan fingerprint density at radius 2 is 1.93 bits per heavy atom. The van der Waals surface area contributed by atoms with Crippen molar-refractivity contribution in [3.63, 3.8) is 0 Å². The number of benzene rings is 1. The molecule has 1 amide bonds. The first kappa shape index (κ1) is 21.7. The smallest absolute Gasteiger partial charge is 0.306 e. The summed E-state index contributed by atoms with van der Waals surface area (Å²) in [5.74, 6) is -0.201. The number of aryl methyl sites for hydroxylation is 2. The highest BCUT2D eigenvalue weighted by molar-refractivity contribution is 5.93. The number of para-hydroxylation sites is 1. The Morgan fingerprint density at radius 3 is 2.61 bits per heavy atom. The number of nitrogens with one attached hydrogen (secondary N) is 1. The van der Waals surface area contributed by atoms with Crippen LogP contribution in [-0.2, 0) is 33.7 Å². The molecule has 0 fully saturated rings. The zero-order chi connectivity index (χ0) is 20.7. The van der Waals surface area contributed by atoms with Crippen LogP contribution >= 0.6 is 0 Å². The predicted molar refractivity (Wildman–Crippen MR) is 110 cm³/mol. The number of esters is 1. The van der Waals surface area contributed by atoms with Crippen LogP contribution < -0.4 is 5.32 Å². The van der Waals surface area contributed by atoms with Crippen LogP contribution in [0, 0.1) is 19.8 Å². The van der Waals surface area contributed by atoms with Crippen LogP contribution in [0.15, 0.2) is 24.3 Å². The van der Waals surface area contributed by atoms with E-state index in [9.17, 15) is 9.59 Å². The standard InChI is InChI=1S/C22H31N3O3/c1-6-18-9-7-8-10-20(18)23-21(26)14-28-22(27)12-11-19-16(4)24-25(17(19)5)13-15(2)3/h7-10,15H,6,11-14H2,1-5H3,(H,23,26). The molecule has 0 saturated carbocycles. The maximum Gasteiger partial charge on any atom is 0.306 e. The summed E-state index contributed by atoms with van der Waals surface area (Å²) < 4.78 is 7.14. The van der Waals surface area contributed by atoms with E-state index in [1.54, 1.807) is 0 Å². The molecule has 0 spiro atoms. The van der Waals surface area contributed by atoms with Crippen LogP contribution in [0.25, 0.3) is 0 Å². The second kappa shape index (κ2) is 10.1. The lowest BCUT2D eigenvalue weighted by molar-refractivity contribution is -0.147. The van der Waals surface area contributed by atoms with E-state index in [2.05, 4.69) is 24.3 Å². The van der Waals surface area contributed by atoms with Crippen molar-refractivity contribution in [2.24, 2.45) is 5.92 Å². The number of ether oxygens (including phenoxy) is 1. The van der Waals surface area contributed by atoms with Crippen LogP contribution in [0.1, 0.15) is 49.7 Å². The van der Waals surface area contributed by atoms with Crippen molar-refractivity contribution in [2.75, 3.05) is 11.9 Å². The van der Waals surface area contributed by atoms with Gasteiger partial charge < -0.3 is 10.1 Å². The molecule has 1 N–H and O–H groups in total. The van der Waals surface area contributed by atoms with Crippen molar-refractivity contribution in [3.05, 3.63) is 46.8 Å². The molecule has 0 radical (unpaired) electrons. The molecule has 0 saturated heterocycles. The third kappa shape index (κ3) is 5.94. The van der Waals surface area contributed by atoms with Gasteiger partial charge in [-0.2, -0.15) is 5.10 Å². The van der Waals surface area contributed by atoms with E-state index < -0.39 is 0 Å². The summed E-state index contributed by atoms with van der Waals surface area (Å²) in [5, 5.41) is 7.37. The van der Waals surface area contributed by atoms with Gasteiger partial charge in [0.25, 0.3) is 5.91 Å². The van der Waals surface area contributed by atoms with Gasteiger partial charge in [0.15, 0.2) is 6.61 Å². The van der Waals surface area contributed by atoms with Crippen molar-refractivity contribution in [1.29, 1.82) is 0 Å². The molecule has 28 heavy (non-hydrogen) atoms. The minimum absolute atomic E-state index is 0.230. The monoisotopic (exact) mass is 385 g/mol. The number of carbonyl (C=O) groups excluding carboxylic acids is 2. The van der Waals surface area contributed by atoms with Gasteiger partial charge in [0, 0.05) is 24.3 Å². The summed E-state index contributed by atoms with van der Waals surface area (Å²) in [6.07, 6.45) is 1.61. The number of anilines is 1. The molecule has 0 bridgehead atoms. The molecule has 1 heterocycles. The van der Waals surface area contributed by atoms with Crippen LogP contribution in [0.2, 0.25) is 0 Å². The number of carbonyl (C=O) groups is 2. The summed E-state index contributed by atoms with van der Waals surface area (Å²) >= 11 is 0. The van der Waals surface area contributed by atoms with Gasteiger partial charge in [-0.1, -0.05) is 39.0 Å². The van der Waals surface area contributed by atoms with E-state index in [0.29, 0.717) is 12.3 Å². The first-order valence-corrected chi connectivity index (χ1v) is 9.88. The number of rotatable bonds is 9. The highest BCUT2D eigenvalue weighted by atomic mass is 16.5. The minimum Gasteiger partial charge on any atom is -0.456 e. The van der Waals surface area contributed by atoms with Gasteiger partial charge in [-0.05, 0) is 49.8 Å². The van der Waals surface area contributed by atoms with Gasteiger partial charge >= 0.3 is 5.97 Å². The normalized spacial score (nSPS) is 10.9. The first-order chi connectivity index (χ1) is 13.3. The minimum atomic E-state index is -0.380. The lowest BCUT2D eigenvalue weighted by atomic mass is 10.1. The Bertz CT molecular complexity index is 824. The van der Waals surface area contributed by atoms with Crippen molar-refractivity contribution >= 4 is 17.6 Å². The van der Waals surface area contributed by atoms with Gasteiger partial charge in [0.1, 0.15) is 0 Å². The van der Waals surface area contributed by atoms with Gasteiger partial charge in [-0.15, -0.1) is 0 Å². The third-order valence-electron chi connectivity index (χ3n) is 4.69. The van der Waals surface area contributed by atoms with Crippen molar-refractivity contribution < 1.29 is 14.3 Å². The van der Waals surface area contributed by atoms with E-state index >= 15 is 0 Å². The number of hydrogen-bond acceptors (Lipinski definition) is 4. The Balaban J connectivity index is 1.83. The molecule has 6 nitrogen and oxygen atoms in total. The lowest BCUT2D eigenvalue weighted by Gasteiger charge is -2.10. The number of hydrogen-bond donors (Lipinski definition) is 1. The van der Waals surface area contributed by atoms with Crippen molar-refractivity contribution in [2.45, 2.75) is 60.4 Å². The fourth-order valence-electron chi connectivity index (χ4n) is 3.20. The fraction of sp³-hybridized carbons (Fsp3) is 0.500. The largest absolute Gasteiger partial charge is 0.456 e. The van der Waals surface area contributed by atoms with Crippen LogP contribution in [-0.4, -0.2) is 28.3 Å². The summed E-state index contributed by atoms with van der Waals surface area (Å²) in [7, 11) is 0. The second-order valence-corrected chi connectivity index (χ2v) is 7.44. The van der Waals surface area contributed by atoms with Crippen molar-refractivity contribution in [1.82, 2.24) is 9.78 Å². The molecule has 2 aromatic rings. The highest BCUT2D eigenvalue weighted by Crippen LogP contribution is 2.17. The average molecular weight is 386 g/mol. The SMILES string of the molecule is CCc1ccccc1NC(=O)COC(=O)CCc1c(C)nn(CC(C)C)c1C. The van der Waals surface area contributed by atoms with Gasteiger partial charge in [0.2, 0.25) is 0 Å². The zero-order valence-corrected chi connectivity index (χ0v) is 17.5. The van der Waals surface area contributed by atoms with E-state index in [4.69, 9.17) is 4.74 Å². The summed E-state index contributed by atoms with van der Waals surface area (Å²) in [4.78, 5) is 24.1. The molecule has 6 heteroatoms. The molecule has 0 aliphatic heterocycles. The summed E-state index contributed by atoms with van der Waals surface area (Å²) in [6, 6.07) is 7.61. The molecule has 152 valence electrons. The van der Waals surface area contributed by atoms with E-state index in [0.717, 1.165) is 41.2 Å². The molecular weight excluding hydrogens is 354 g/mol. The van der Waals surface area contributed by atoms with Crippen LogP contribution in [0.3, 0.4) is 0 Å². The Labute approximate surface area is 167 Å². The molecule has 0 unspecified atom stereocenters. The van der Waals surface area contributed by atoms with Crippen LogP contribution in [0.5, 0.6) is 0 Å². The second-order valence-electron chi connectivity index (χ2n) is 7.44. The molecule has 2 rings (SSSR count). The fourth-order valence-corrected chi connectivity index (χ4v) is 3.20. The van der Waals surface area contributed by atoms with Crippen LogP contribution in [0.4, 0.5) is 5.69 Å². The highest BCUT2D eigenvalue weighted by Gasteiger charge is 2.15. The maximum absolute atomic E-state index is 12.1. The van der Waals surface area contributed by atoms with E-state index in [1.807, 2.05) is 49.7 Å². The average Bonchev–Trinajstić information content (AvgIpc) is 2.91. The summed E-state index contributed by atoms with van der Waals surface area (Å²) in [5.41, 5.74) is 4.92. The Kier molecular flexibility index (Phi) is 7.79. The Hall–Kier alpha value is -2.63. The predicted octanol–water partition coefficient (Wildman–Crippen LogP) is 3.83. The van der Waals surface area contributed by atoms with Gasteiger partial charge in [0.05, 0.1) is 5.69 Å². The quantitative estimate of drug-likeness (QED) is 0.666. The molecule has 1 aromatic carbocycles. The van der Waals surface area contributed by atoms with E-state index in [-0.39, 0.29) is 24.9 Å². The lowest BCUT2D eigenvalue weighted by Crippen LogP contribution is -2.21. The molecule has 0 aliphatic rings. The van der Waals surface area contributed by atoms with Crippen molar-refractivity contribution in [3.8, 4) is 0 Å². The topological polar surface area (TPSA) is 73.2 Å².